The second kappa shape index (κ2) is 3.70. The molecule has 0 rings (SSSR count). The van der Waals surface area contributed by atoms with Crippen LogP contribution in [-0.2, 0) is 0 Å². The number of alkyl halides is 1. The van der Waals surface area contributed by atoms with Crippen LogP contribution < -0.4 is 0 Å². The van der Waals surface area contributed by atoms with Gasteiger partial charge in [0.1, 0.15) is 0 Å². The van der Waals surface area contributed by atoms with Crippen LogP contribution >= 0.6 is 22.6 Å². The molecule has 44 valence electrons. The fourth-order valence-electron chi connectivity index (χ4n) is 0.650. The van der Waals surface area contributed by atoms with E-state index in [-0.39, 0.29) is 0 Å². The molecule has 0 radical (unpaired) electrons. The van der Waals surface area contributed by atoms with E-state index < -0.39 is 0 Å². The Hall–Kier alpha value is 0.730. The van der Waals surface area contributed by atoms with Crippen LogP contribution in [0.1, 0.15) is 27.2 Å². The molecule has 7 heavy (non-hydrogen) atoms. The van der Waals surface area contributed by atoms with Gasteiger partial charge in [-0.3, -0.25) is 0 Å². The summed E-state index contributed by atoms with van der Waals surface area (Å²) in [6.07, 6.45) is 1.35. The molecule has 0 saturated carbocycles. The zero-order valence-corrected chi connectivity index (χ0v) is 7.40. The van der Waals surface area contributed by atoms with Crippen LogP contribution in [0.25, 0.3) is 0 Å². The molecule has 0 aromatic heterocycles. The highest BCUT2D eigenvalue weighted by molar-refractivity contribution is 14.1. The van der Waals surface area contributed by atoms with E-state index in [1.807, 2.05) is 0 Å². The van der Waals surface area contributed by atoms with Crippen LogP contribution in [0.3, 0.4) is 0 Å². The molecule has 0 nitrogen and oxygen atoms in total. The Labute approximate surface area is 59.8 Å². The van der Waals surface area contributed by atoms with Gasteiger partial charge in [0, 0.05) is 3.92 Å². The van der Waals surface area contributed by atoms with E-state index in [1.165, 1.54) is 6.42 Å². The molecule has 1 atom stereocenters. The van der Waals surface area contributed by atoms with Gasteiger partial charge in [0.05, 0.1) is 0 Å². The second-order valence-corrected chi connectivity index (χ2v) is 4.54. The van der Waals surface area contributed by atoms with Crippen LogP contribution in [0.5, 0.6) is 0 Å². The van der Waals surface area contributed by atoms with Crippen molar-refractivity contribution in [3.63, 3.8) is 0 Å². The summed E-state index contributed by atoms with van der Waals surface area (Å²) in [7, 11) is 0. The molecular formula is C6H13I. The van der Waals surface area contributed by atoms with Crippen molar-refractivity contribution in [3.8, 4) is 0 Å². The Morgan fingerprint density at radius 3 is 1.71 bits per heavy atom. The predicted octanol–water partition coefficient (Wildman–Crippen LogP) is 2.86. The van der Waals surface area contributed by atoms with Crippen LogP contribution in [-0.4, -0.2) is 3.92 Å². The van der Waals surface area contributed by atoms with Crippen LogP contribution in [0.4, 0.5) is 0 Å². The van der Waals surface area contributed by atoms with E-state index in [4.69, 9.17) is 0 Å². The Morgan fingerprint density at radius 1 is 1.29 bits per heavy atom. The lowest BCUT2D eigenvalue weighted by Crippen LogP contribution is -1.95. The minimum atomic E-state index is 0.845. The summed E-state index contributed by atoms with van der Waals surface area (Å²) in [5.74, 6) is 0.867. The molecule has 0 aliphatic rings. The largest absolute Gasteiger partial charge is 0.0829 e. The molecule has 0 amide bonds. The first-order valence-electron chi connectivity index (χ1n) is 2.77. The first kappa shape index (κ1) is 7.73. The van der Waals surface area contributed by atoms with Crippen molar-refractivity contribution in [2.45, 2.75) is 31.1 Å². The Kier molecular flexibility index (Phi) is 4.08. The fraction of sp³-hybridized carbons (Fsp3) is 1.00. The molecule has 0 aromatic carbocycles. The molecular weight excluding hydrogens is 199 g/mol. The average Bonchev–Trinajstić information content (AvgIpc) is 1.27. The van der Waals surface area contributed by atoms with Gasteiger partial charge in [0.2, 0.25) is 0 Å². The lowest BCUT2D eigenvalue weighted by molar-refractivity contribution is 0.594. The quantitative estimate of drug-likeness (QED) is 0.487. The molecule has 0 fully saturated rings. The molecule has 0 saturated heterocycles. The molecule has 0 bridgehead atoms. The Bertz CT molecular complexity index is 33.4. The zero-order valence-electron chi connectivity index (χ0n) is 5.24. The third-order valence-corrected chi connectivity index (χ3v) is 1.30. The second-order valence-electron chi connectivity index (χ2n) is 2.41. The molecule has 0 aromatic rings. The van der Waals surface area contributed by atoms with Gasteiger partial charge in [-0.15, -0.1) is 0 Å². The van der Waals surface area contributed by atoms with Crippen molar-refractivity contribution in [2.24, 2.45) is 5.92 Å². The normalized spacial score (nSPS) is 15.0. The summed E-state index contributed by atoms with van der Waals surface area (Å²) in [6.45, 7) is 6.77. The van der Waals surface area contributed by atoms with Crippen LogP contribution in [0.15, 0.2) is 0 Å². The molecule has 0 spiro atoms. The summed E-state index contributed by atoms with van der Waals surface area (Å²) in [5, 5.41) is 0. The Morgan fingerprint density at radius 2 is 1.71 bits per heavy atom. The van der Waals surface area contributed by atoms with Crippen molar-refractivity contribution in [3.05, 3.63) is 0 Å². The van der Waals surface area contributed by atoms with E-state index in [9.17, 15) is 0 Å². The van der Waals surface area contributed by atoms with Gasteiger partial charge >= 0.3 is 0 Å². The Balaban J connectivity index is 2.95. The predicted molar refractivity (Wildman–Crippen MR) is 42.9 cm³/mol. The molecule has 0 aliphatic carbocycles. The average molecular weight is 212 g/mol. The van der Waals surface area contributed by atoms with Crippen LogP contribution in [0.2, 0.25) is 0 Å². The molecule has 1 heteroatoms. The minimum Gasteiger partial charge on any atom is -0.0829 e. The minimum absolute atomic E-state index is 0.845. The van der Waals surface area contributed by atoms with Gasteiger partial charge in [-0.25, -0.2) is 0 Å². The smallest absolute Gasteiger partial charge is 0.00837 e. The maximum absolute atomic E-state index is 2.46. The maximum Gasteiger partial charge on any atom is 0.00837 e. The van der Waals surface area contributed by atoms with Gasteiger partial charge in [-0.1, -0.05) is 43.4 Å². The lowest BCUT2D eigenvalue weighted by atomic mass is 10.1. The van der Waals surface area contributed by atoms with Gasteiger partial charge in [0.25, 0.3) is 0 Å². The third-order valence-electron chi connectivity index (χ3n) is 0.796. The summed E-state index contributed by atoms with van der Waals surface area (Å²) in [4.78, 5) is 0. The number of rotatable bonds is 2. The summed E-state index contributed by atoms with van der Waals surface area (Å²) in [6, 6.07) is 0. The number of hydrogen-bond acceptors (Lipinski definition) is 0. The van der Waals surface area contributed by atoms with E-state index in [0.717, 1.165) is 9.84 Å². The van der Waals surface area contributed by atoms with Crippen LogP contribution in [0, 0.1) is 5.92 Å². The SMILES string of the molecule is CC(C)C[C@@H](C)I. The monoisotopic (exact) mass is 212 g/mol. The summed E-state index contributed by atoms with van der Waals surface area (Å²) < 4.78 is 0.845. The highest BCUT2D eigenvalue weighted by Crippen LogP contribution is 2.10. The highest BCUT2D eigenvalue weighted by atomic mass is 127. The first-order valence-corrected chi connectivity index (χ1v) is 4.01. The van der Waals surface area contributed by atoms with E-state index >= 15 is 0 Å². The molecule has 0 N–H and O–H groups in total. The standard InChI is InChI=1S/C6H13I/c1-5(2)4-6(3)7/h5-6H,4H2,1-3H3/t6-/m1/s1. The van der Waals surface area contributed by atoms with Crippen molar-refractivity contribution in [1.82, 2.24) is 0 Å². The van der Waals surface area contributed by atoms with E-state index in [1.54, 1.807) is 0 Å². The van der Waals surface area contributed by atoms with E-state index in [0.29, 0.717) is 0 Å². The van der Waals surface area contributed by atoms with Gasteiger partial charge in [0.15, 0.2) is 0 Å². The fourth-order valence-corrected chi connectivity index (χ4v) is 1.67. The van der Waals surface area contributed by atoms with Gasteiger partial charge in [-0.05, 0) is 12.3 Å². The molecule has 0 aliphatic heterocycles. The number of halogens is 1. The zero-order chi connectivity index (χ0) is 5.86. The first-order chi connectivity index (χ1) is 3.13. The maximum atomic E-state index is 2.46. The third kappa shape index (κ3) is 6.73. The van der Waals surface area contributed by atoms with Gasteiger partial charge in [-0.2, -0.15) is 0 Å². The lowest BCUT2D eigenvalue weighted by Gasteiger charge is -2.03. The summed E-state index contributed by atoms with van der Waals surface area (Å²) in [5.41, 5.74) is 0. The van der Waals surface area contributed by atoms with Crippen molar-refractivity contribution >= 4 is 22.6 Å². The molecule has 0 unspecified atom stereocenters. The summed E-state index contributed by atoms with van der Waals surface area (Å²) >= 11 is 2.46. The van der Waals surface area contributed by atoms with Crippen molar-refractivity contribution < 1.29 is 0 Å². The van der Waals surface area contributed by atoms with Gasteiger partial charge < -0.3 is 0 Å². The van der Waals surface area contributed by atoms with Crippen molar-refractivity contribution in [2.75, 3.05) is 0 Å². The van der Waals surface area contributed by atoms with E-state index in [2.05, 4.69) is 43.4 Å². The topological polar surface area (TPSA) is 0 Å². The highest BCUT2D eigenvalue weighted by Gasteiger charge is 1.97. The molecule has 0 heterocycles. The van der Waals surface area contributed by atoms with Crippen molar-refractivity contribution in [1.29, 1.82) is 0 Å². The number of hydrogen-bond donors (Lipinski definition) is 0.